The van der Waals surface area contributed by atoms with Crippen LogP contribution in [0.3, 0.4) is 0 Å². The Morgan fingerprint density at radius 2 is 1.84 bits per heavy atom. The number of sulfonamides is 1. The molecule has 2 rings (SSSR count). The Balaban J connectivity index is 2.15. The van der Waals surface area contributed by atoms with Gasteiger partial charge in [-0.1, -0.05) is 42.5 Å². The highest BCUT2D eigenvalue weighted by Gasteiger charge is 2.09. The average molecular weight is 278 g/mol. The lowest BCUT2D eigenvalue weighted by Gasteiger charge is -2.16. The first-order chi connectivity index (χ1) is 8.97. The van der Waals surface area contributed by atoms with E-state index in [0.29, 0.717) is 6.54 Å². The predicted octanol–water partition coefficient (Wildman–Crippen LogP) is 1.78. The standard InChI is InChI=1S/C14H18N2O2S/c1-11(16-9-10-19(15,17)18)13-8-4-6-12-5-2-3-7-14(12)13/h2-8,11,16H,9-10H2,1H3,(H2,15,17,18). The second kappa shape index (κ2) is 5.69. The van der Waals surface area contributed by atoms with Gasteiger partial charge >= 0.3 is 0 Å². The van der Waals surface area contributed by atoms with E-state index in [1.807, 2.05) is 25.1 Å². The number of primary sulfonamides is 1. The third kappa shape index (κ3) is 3.76. The van der Waals surface area contributed by atoms with E-state index in [4.69, 9.17) is 5.14 Å². The van der Waals surface area contributed by atoms with Crippen molar-refractivity contribution in [3.8, 4) is 0 Å². The highest BCUT2D eigenvalue weighted by Crippen LogP contribution is 2.23. The fourth-order valence-corrected chi connectivity index (χ4v) is 2.56. The molecule has 0 bridgehead atoms. The van der Waals surface area contributed by atoms with Crippen molar-refractivity contribution in [3.63, 3.8) is 0 Å². The zero-order valence-electron chi connectivity index (χ0n) is 10.8. The Hall–Kier alpha value is -1.43. The van der Waals surface area contributed by atoms with Gasteiger partial charge in [-0.15, -0.1) is 0 Å². The summed E-state index contributed by atoms with van der Waals surface area (Å²) < 4.78 is 21.8. The van der Waals surface area contributed by atoms with E-state index >= 15 is 0 Å². The van der Waals surface area contributed by atoms with Gasteiger partial charge in [0.05, 0.1) is 5.75 Å². The number of nitrogens with one attached hydrogen (secondary N) is 1. The number of fused-ring (bicyclic) bond motifs is 1. The molecule has 0 aliphatic carbocycles. The summed E-state index contributed by atoms with van der Waals surface area (Å²) in [6, 6.07) is 14.3. The van der Waals surface area contributed by atoms with Crippen molar-refractivity contribution in [1.82, 2.24) is 5.32 Å². The Morgan fingerprint density at radius 1 is 1.16 bits per heavy atom. The molecule has 1 unspecified atom stereocenters. The molecule has 0 aliphatic heterocycles. The minimum atomic E-state index is -3.41. The first kappa shape index (κ1) is 14.0. The van der Waals surface area contributed by atoms with Crippen molar-refractivity contribution < 1.29 is 8.42 Å². The van der Waals surface area contributed by atoms with Gasteiger partial charge in [-0.25, -0.2) is 13.6 Å². The zero-order valence-corrected chi connectivity index (χ0v) is 11.7. The Morgan fingerprint density at radius 3 is 2.58 bits per heavy atom. The van der Waals surface area contributed by atoms with Crippen LogP contribution in [-0.2, 0) is 10.0 Å². The summed E-state index contributed by atoms with van der Waals surface area (Å²) in [5.41, 5.74) is 1.16. The van der Waals surface area contributed by atoms with E-state index in [9.17, 15) is 8.42 Å². The highest BCUT2D eigenvalue weighted by atomic mass is 32.2. The minimum absolute atomic E-state index is 0.0535. The van der Waals surface area contributed by atoms with E-state index in [0.717, 1.165) is 5.56 Å². The van der Waals surface area contributed by atoms with Gasteiger partial charge in [0.2, 0.25) is 10.0 Å². The van der Waals surface area contributed by atoms with Crippen LogP contribution in [0.4, 0.5) is 0 Å². The normalized spacial score (nSPS) is 13.6. The third-order valence-electron chi connectivity index (χ3n) is 3.13. The van der Waals surface area contributed by atoms with Crippen molar-refractivity contribution in [2.24, 2.45) is 5.14 Å². The molecule has 2 aromatic carbocycles. The van der Waals surface area contributed by atoms with Crippen LogP contribution >= 0.6 is 0 Å². The number of hydrogen-bond acceptors (Lipinski definition) is 3. The van der Waals surface area contributed by atoms with Crippen LogP contribution in [0.15, 0.2) is 42.5 Å². The van der Waals surface area contributed by atoms with E-state index in [2.05, 4.69) is 29.6 Å². The number of hydrogen-bond donors (Lipinski definition) is 2. The Labute approximate surface area is 113 Å². The summed E-state index contributed by atoms with van der Waals surface area (Å²) in [7, 11) is -3.41. The average Bonchev–Trinajstić information content (AvgIpc) is 2.36. The molecule has 0 saturated heterocycles. The summed E-state index contributed by atoms with van der Waals surface area (Å²) >= 11 is 0. The van der Waals surface area contributed by atoms with Crippen LogP contribution in [0, 0.1) is 0 Å². The molecule has 0 heterocycles. The lowest BCUT2D eigenvalue weighted by atomic mass is 10.00. The monoisotopic (exact) mass is 278 g/mol. The van der Waals surface area contributed by atoms with Gasteiger partial charge in [0.15, 0.2) is 0 Å². The molecule has 0 fully saturated rings. The molecular formula is C14H18N2O2S. The summed E-state index contributed by atoms with van der Waals surface area (Å²) in [5.74, 6) is -0.0535. The quantitative estimate of drug-likeness (QED) is 0.875. The third-order valence-corrected chi connectivity index (χ3v) is 3.90. The van der Waals surface area contributed by atoms with Crippen LogP contribution in [0.5, 0.6) is 0 Å². The minimum Gasteiger partial charge on any atom is -0.309 e. The van der Waals surface area contributed by atoms with Crippen molar-refractivity contribution in [3.05, 3.63) is 48.0 Å². The maximum Gasteiger partial charge on any atom is 0.210 e. The number of rotatable bonds is 5. The molecule has 4 nitrogen and oxygen atoms in total. The molecule has 0 aliphatic rings. The fourth-order valence-electron chi connectivity index (χ4n) is 2.16. The maximum absolute atomic E-state index is 10.9. The van der Waals surface area contributed by atoms with Crippen molar-refractivity contribution in [2.75, 3.05) is 12.3 Å². The predicted molar refractivity (Wildman–Crippen MR) is 78.3 cm³/mol. The lowest BCUT2D eigenvalue weighted by molar-refractivity contribution is 0.575. The molecule has 0 spiro atoms. The van der Waals surface area contributed by atoms with Crippen molar-refractivity contribution >= 4 is 20.8 Å². The molecule has 5 heteroatoms. The summed E-state index contributed by atoms with van der Waals surface area (Å²) in [4.78, 5) is 0. The van der Waals surface area contributed by atoms with Gasteiger partial charge in [-0.2, -0.15) is 0 Å². The second-order valence-corrected chi connectivity index (χ2v) is 6.35. The van der Waals surface area contributed by atoms with Gasteiger partial charge in [-0.3, -0.25) is 0 Å². The van der Waals surface area contributed by atoms with Crippen LogP contribution in [0.25, 0.3) is 10.8 Å². The maximum atomic E-state index is 10.9. The van der Waals surface area contributed by atoms with Crippen LogP contribution in [0.1, 0.15) is 18.5 Å². The van der Waals surface area contributed by atoms with Crippen molar-refractivity contribution in [1.29, 1.82) is 0 Å². The van der Waals surface area contributed by atoms with E-state index in [-0.39, 0.29) is 11.8 Å². The first-order valence-corrected chi connectivity index (χ1v) is 7.90. The summed E-state index contributed by atoms with van der Waals surface area (Å²) in [5, 5.41) is 10.5. The van der Waals surface area contributed by atoms with E-state index in [1.165, 1.54) is 10.8 Å². The largest absolute Gasteiger partial charge is 0.309 e. The Kier molecular flexibility index (Phi) is 4.19. The molecule has 2 aromatic rings. The van der Waals surface area contributed by atoms with E-state index < -0.39 is 10.0 Å². The van der Waals surface area contributed by atoms with Crippen LogP contribution < -0.4 is 10.5 Å². The van der Waals surface area contributed by atoms with Gasteiger partial charge < -0.3 is 5.32 Å². The van der Waals surface area contributed by atoms with E-state index in [1.54, 1.807) is 0 Å². The molecule has 0 aromatic heterocycles. The highest BCUT2D eigenvalue weighted by molar-refractivity contribution is 7.89. The summed E-state index contributed by atoms with van der Waals surface area (Å²) in [6.45, 7) is 2.37. The molecular weight excluding hydrogens is 260 g/mol. The van der Waals surface area contributed by atoms with Gasteiger partial charge in [-0.05, 0) is 23.3 Å². The number of nitrogens with two attached hydrogens (primary N) is 1. The van der Waals surface area contributed by atoms with Crippen molar-refractivity contribution in [2.45, 2.75) is 13.0 Å². The Bertz CT molecular complexity index is 663. The summed E-state index contributed by atoms with van der Waals surface area (Å²) in [6.07, 6.45) is 0. The molecule has 1 atom stereocenters. The second-order valence-electron chi connectivity index (χ2n) is 4.61. The smallest absolute Gasteiger partial charge is 0.210 e. The van der Waals surface area contributed by atoms with Crippen LogP contribution in [0.2, 0.25) is 0 Å². The molecule has 102 valence electrons. The SMILES string of the molecule is CC(NCCS(N)(=O)=O)c1cccc2ccccc12. The molecule has 3 N–H and O–H groups in total. The van der Waals surface area contributed by atoms with Gasteiger partial charge in [0, 0.05) is 12.6 Å². The molecule has 0 amide bonds. The topological polar surface area (TPSA) is 72.2 Å². The van der Waals surface area contributed by atoms with Gasteiger partial charge in [0.1, 0.15) is 0 Å². The zero-order chi connectivity index (χ0) is 13.9. The molecule has 0 saturated carbocycles. The first-order valence-electron chi connectivity index (χ1n) is 6.19. The fraction of sp³-hybridized carbons (Fsp3) is 0.286. The molecule has 19 heavy (non-hydrogen) atoms. The lowest BCUT2D eigenvalue weighted by Crippen LogP contribution is -2.29. The van der Waals surface area contributed by atoms with Crippen LogP contribution in [-0.4, -0.2) is 20.7 Å². The number of benzene rings is 2. The van der Waals surface area contributed by atoms with Gasteiger partial charge in [0.25, 0.3) is 0 Å². The molecule has 0 radical (unpaired) electrons.